The molecule has 1 amide bonds. The Bertz CT molecular complexity index is 155. The maximum absolute atomic E-state index is 11.0. The summed E-state index contributed by atoms with van der Waals surface area (Å²) in [5, 5.41) is 2.80. The topological polar surface area (TPSA) is 29.1 Å². The van der Waals surface area contributed by atoms with Gasteiger partial charge in [0.2, 0.25) is 5.91 Å². The van der Waals surface area contributed by atoms with Crippen molar-refractivity contribution in [2.75, 3.05) is 6.54 Å². The van der Waals surface area contributed by atoms with Gasteiger partial charge in [-0.15, -0.1) is 0 Å². The number of hydrogen-bond donors (Lipinski definition) is 1. The van der Waals surface area contributed by atoms with Crippen LogP contribution in [0.4, 0.5) is 0 Å². The second-order valence-corrected chi connectivity index (χ2v) is 3.36. The largest absolute Gasteiger partial charge is 0.352 e. The van der Waals surface area contributed by atoms with Crippen molar-refractivity contribution in [3.8, 4) is 0 Å². The number of carbonyl (C=O) groups is 1. The fourth-order valence-corrected chi connectivity index (χ4v) is 0.618. The first kappa shape index (κ1) is 10.2. The van der Waals surface area contributed by atoms with E-state index in [1.54, 1.807) is 6.08 Å². The third-order valence-corrected chi connectivity index (χ3v) is 1.10. The first-order chi connectivity index (χ1) is 5.02. The first-order valence-electron chi connectivity index (χ1n) is 3.95. The van der Waals surface area contributed by atoms with Crippen molar-refractivity contribution in [1.29, 1.82) is 0 Å². The number of hydrogen-bond acceptors (Lipinski definition) is 1. The molecule has 0 aromatic rings. The van der Waals surface area contributed by atoms with Gasteiger partial charge in [0.25, 0.3) is 0 Å². The van der Waals surface area contributed by atoms with Gasteiger partial charge in [-0.05, 0) is 19.8 Å². The maximum atomic E-state index is 11.0. The Morgan fingerprint density at radius 3 is 2.36 bits per heavy atom. The van der Waals surface area contributed by atoms with E-state index >= 15 is 0 Å². The SMILES string of the molecule is CC(C)=CC(=O)NCC(C)C. The van der Waals surface area contributed by atoms with Crippen molar-refractivity contribution in [3.63, 3.8) is 0 Å². The van der Waals surface area contributed by atoms with E-state index in [0.29, 0.717) is 5.92 Å². The summed E-state index contributed by atoms with van der Waals surface area (Å²) in [5.41, 5.74) is 1.03. The van der Waals surface area contributed by atoms with Gasteiger partial charge in [-0.2, -0.15) is 0 Å². The van der Waals surface area contributed by atoms with E-state index in [2.05, 4.69) is 19.2 Å². The van der Waals surface area contributed by atoms with Crippen LogP contribution in [0.2, 0.25) is 0 Å². The van der Waals surface area contributed by atoms with E-state index in [-0.39, 0.29) is 5.91 Å². The second-order valence-electron chi connectivity index (χ2n) is 3.36. The molecular weight excluding hydrogens is 138 g/mol. The number of carbonyl (C=O) groups excluding carboxylic acids is 1. The summed E-state index contributed by atoms with van der Waals surface area (Å²) < 4.78 is 0. The van der Waals surface area contributed by atoms with Crippen molar-refractivity contribution < 1.29 is 4.79 Å². The lowest BCUT2D eigenvalue weighted by atomic mass is 10.2. The van der Waals surface area contributed by atoms with Gasteiger partial charge < -0.3 is 5.32 Å². The molecule has 0 rings (SSSR count). The molecule has 2 heteroatoms. The molecule has 0 spiro atoms. The van der Waals surface area contributed by atoms with E-state index in [9.17, 15) is 4.79 Å². The summed E-state index contributed by atoms with van der Waals surface area (Å²) in [7, 11) is 0. The predicted molar refractivity (Wildman–Crippen MR) is 47.3 cm³/mol. The molecule has 64 valence electrons. The summed E-state index contributed by atoms with van der Waals surface area (Å²) in [4.78, 5) is 11.0. The van der Waals surface area contributed by atoms with Gasteiger partial charge in [0.1, 0.15) is 0 Å². The average Bonchev–Trinajstić information content (AvgIpc) is 1.82. The smallest absolute Gasteiger partial charge is 0.243 e. The monoisotopic (exact) mass is 155 g/mol. The van der Waals surface area contributed by atoms with Gasteiger partial charge in [-0.3, -0.25) is 4.79 Å². The maximum Gasteiger partial charge on any atom is 0.243 e. The van der Waals surface area contributed by atoms with Crippen LogP contribution in [0, 0.1) is 5.92 Å². The Labute approximate surface area is 68.7 Å². The average molecular weight is 155 g/mol. The van der Waals surface area contributed by atoms with Crippen LogP contribution in [0.3, 0.4) is 0 Å². The lowest BCUT2D eigenvalue weighted by Gasteiger charge is -2.04. The number of rotatable bonds is 3. The van der Waals surface area contributed by atoms with E-state index in [1.165, 1.54) is 0 Å². The molecule has 0 fully saturated rings. The lowest BCUT2D eigenvalue weighted by molar-refractivity contribution is -0.116. The molecule has 0 aliphatic heterocycles. The summed E-state index contributed by atoms with van der Waals surface area (Å²) in [5.74, 6) is 0.531. The van der Waals surface area contributed by atoms with Crippen molar-refractivity contribution in [2.45, 2.75) is 27.7 Å². The highest BCUT2D eigenvalue weighted by molar-refractivity contribution is 5.87. The molecule has 0 aromatic heterocycles. The van der Waals surface area contributed by atoms with Gasteiger partial charge >= 0.3 is 0 Å². The Hall–Kier alpha value is -0.790. The predicted octanol–water partition coefficient (Wildman–Crippen LogP) is 1.72. The summed E-state index contributed by atoms with van der Waals surface area (Å²) in [6.45, 7) is 8.72. The summed E-state index contributed by atoms with van der Waals surface area (Å²) >= 11 is 0. The minimum atomic E-state index is 0.0127. The number of amides is 1. The molecule has 0 aliphatic carbocycles. The molecule has 0 atom stereocenters. The molecule has 0 saturated heterocycles. The Balaban J connectivity index is 3.63. The number of allylic oxidation sites excluding steroid dienone is 1. The van der Waals surface area contributed by atoms with E-state index in [0.717, 1.165) is 12.1 Å². The normalized spacial score (nSPS) is 9.55. The van der Waals surface area contributed by atoms with Gasteiger partial charge in [0, 0.05) is 12.6 Å². The zero-order valence-electron chi connectivity index (χ0n) is 7.77. The fourth-order valence-electron chi connectivity index (χ4n) is 0.618. The molecular formula is C9H17NO. The van der Waals surface area contributed by atoms with Gasteiger partial charge in [-0.1, -0.05) is 19.4 Å². The minimum Gasteiger partial charge on any atom is -0.352 e. The molecule has 11 heavy (non-hydrogen) atoms. The second kappa shape index (κ2) is 4.94. The van der Waals surface area contributed by atoms with Gasteiger partial charge in [0.05, 0.1) is 0 Å². The Morgan fingerprint density at radius 1 is 1.45 bits per heavy atom. The quantitative estimate of drug-likeness (QED) is 0.618. The zero-order valence-corrected chi connectivity index (χ0v) is 7.77. The lowest BCUT2D eigenvalue weighted by Crippen LogP contribution is -2.25. The third kappa shape index (κ3) is 7.10. The minimum absolute atomic E-state index is 0.0127. The van der Waals surface area contributed by atoms with Gasteiger partial charge in [-0.25, -0.2) is 0 Å². The third-order valence-electron chi connectivity index (χ3n) is 1.10. The van der Waals surface area contributed by atoms with Crippen LogP contribution in [-0.4, -0.2) is 12.5 Å². The Morgan fingerprint density at radius 2 is 2.00 bits per heavy atom. The summed E-state index contributed by atoms with van der Waals surface area (Å²) in [6, 6.07) is 0. The first-order valence-corrected chi connectivity index (χ1v) is 3.95. The van der Waals surface area contributed by atoms with E-state index in [4.69, 9.17) is 0 Å². The molecule has 0 saturated carbocycles. The highest BCUT2D eigenvalue weighted by atomic mass is 16.1. The van der Waals surface area contributed by atoms with Crippen LogP contribution in [-0.2, 0) is 4.79 Å². The Kier molecular flexibility index (Phi) is 4.59. The van der Waals surface area contributed by atoms with Crippen molar-refractivity contribution >= 4 is 5.91 Å². The summed E-state index contributed by atoms with van der Waals surface area (Å²) in [6.07, 6.45) is 1.61. The van der Waals surface area contributed by atoms with Crippen LogP contribution in [0.5, 0.6) is 0 Å². The van der Waals surface area contributed by atoms with Crippen molar-refractivity contribution in [1.82, 2.24) is 5.32 Å². The zero-order chi connectivity index (χ0) is 8.85. The molecule has 0 aromatic carbocycles. The highest BCUT2D eigenvalue weighted by Crippen LogP contribution is 1.90. The molecule has 0 radical (unpaired) electrons. The van der Waals surface area contributed by atoms with E-state index < -0.39 is 0 Å². The molecule has 0 unspecified atom stereocenters. The van der Waals surface area contributed by atoms with Crippen LogP contribution < -0.4 is 5.32 Å². The van der Waals surface area contributed by atoms with Crippen LogP contribution in [0.1, 0.15) is 27.7 Å². The molecule has 0 heterocycles. The highest BCUT2D eigenvalue weighted by Gasteiger charge is 1.96. The molecule has 0 bridgehead atoms. The van der Waals surface area contributed by atoms with Crippen molar-refractivity contribution in [3.05, 3.63) is 11.6 Å². The molecule has 0 aliphatic rings. The fraction of sp³-hybridized carbons (Fsp3) is 0.667. The van der Waals surface area contributed by atoms with E-state index in [1.807, 2.05) is 13.8 Å². The van der Waals surface area contributed by atoms with Crippen LogP contribution >= 0.6 is 0 Å². The van der Waals surface area contributed by atoms with Crippen LogP contribution in [0.25, 0.3) is 0 Å². The molecule has 2 nitrogen and oxygen atoms in total. The van der Waals surface area contributed by atoms with Gasteiger partial charge in [0.15, 0.2) is 0 Å². The van der Waals surface area contributed by atoms with Crippen molar-refractivity contribution in [2.24, 2.45) is 5.92 Å². The van der Waals surface area contributed by atoms with Crippen LogP contribution in [0.15, 0.2) is 11.6 Å². The number of nitrogens with one attached hydrogen (secondary N) is 1. The standard InChI is InChI=1S/C9H17NO/c1-7(2)5-9(11)10-6-8(3)4/h5,8H,6H2,1-4H3,(H,10,11). The molecule has 1 N–H and O–H groups in total.